The van der Waals surface area contributed by atoms with Crippen LogP contribution in [-0.2, 0) is 11.2 Å². The summed E-state index contributed by atoms with van der Waals surface area (Å²) in [6, 6.07) is 9.90. The summed E-state index contributed by atoms with van der Waals surface area (Å²) in [6.07, 6.45) is 0.284. The maximum absolute atomic E-state index is 11.5. The number of rotatable bonds is 5. The Morgan fingerprint density at radius 2 is 1.95 bits per heavy atom. The van der Waals surface area contributed by atoms with Crippen LogP contribution in [0.5, 0.6) is 0 Å². The van der Waals surface area contributed by atoms with Gasteiger partial charge in [-0.05, 0) is 32.8 Å². The molecule has 0 unspecified atom stereocenters. The highest BCUT2D eigenvalue weighted by Crippen LogP contribution is 2.09. The van der Waals surface area contributed by atoms with E-state index < -0.39 is 11.7 Å². The van der Waals surface area contributed by atoms with Crippen LogP contribution in [0, 0.1) is 5.92 Å². The first-order chi connectivity index (χ1) is 8.90. The Hall–Kier alpha value is -1.55. The third-order valence-corrected chi connectivity index (χ3v) is 2.56. The van der Waals surface area contributed by atoms with Crippen molar-refractivity contribution >= 4 is 6.09 Å². The van der Waals surface area contributed by atoms with Crippen LogP contribution in [0.25, 0.3) is 0 Å². The van der Waals surface area contributed by atoms with Crippen LogP contribution in [-0.4, -0.2) is 30.0 Å². The number of aliphatic hydroxyl groups excluding tert-OH is 1. The number of carbonyl (C=O) groups excluding carboxylic acids is 1. The number of alkyl carbamates (subject to hydrolysis) is 1. The summed E-state index contributed by atoms with van der Waals surface area (Å²) in [5.74, 6) is -0.00471. The highest BCUT2D eigenvalue weighted by molar-refractivity contribution is 5.67. The molecule has 19 heavy (non-hydrogen) atoms. The molecule has 0 aliphatic rings. The topological polar surface area (TPSA) is 58.6 Å². The van der Waals surface area contributed by atoms with Crippen LogP contribution in [0.1, 0.15) is 26.3 Å². The van der Waals surface area contributed by atoms with E-state index in [4.69, 9.17) is 4.74 Å². The Labute approximate surface area is 114 Å². The molecule has 4 heteroatoms. The minimum absolute atomic E-state index is 0.00471. The molecule has 1 aromatic carbocycles. The van der Waals surface area contributed by atoms with Crippen LogP contribution < -0.4 is 5.32 Å². The molecule has 0 aromatic heterocycles. The van der Waals surface area contributed by atoms with Crippen molar-refractivity contribution in [1.29, 1.82) is 0 Å². The van der Waals surface area contributed by atoms with E-state index in [0.717, 1.165) is 12.0 Å². The highest BCUT2D eigenvalue weighted by atomic mass is 16.6. The van der Waals surface area contributed by atoms with Gasteiger partial charge in [0.15, 0.2) is 0 Å². The predicted octanol–water partition coefficient (Wildman–Crippen LogP) is 2.36. The lowest BCUT2D eigenvalue weighted by molar-refractivity contribution is 0.0512. The number of ether oxygens (including phenoxy) is 1. The highest BCUT2D eigenvalue weighted by Gasteiger charge is 2.17. The van der Waals surface area contributed by atoms with Crippen molar-refractivity contribution in [2.45, 2.75) is 32.8 Å². The number of carbonyl (C=O) groups is 1. The zero-order valence-corrected chi connectivity index (χ0v) is 11.8. The van der Waals surface area contributed by atoms with Crippen molar-refractivity contribution in [1.82, 2.24) is 5.32 Å². The molecule has 0 radical (unpaired) electrons. The number of amides is 1. The van der Waals surface area contributed by atoms with Crippen molar-refractivity contribution in [3.63, 3.8) is 0 Å². The predicted molar refractivity (Wildman–Crippen MR) is 75.0 cm³/mol. The minimum Gasteiger partial charge on any atom is -0.444 e. The lowest BCUT2D eigenvalue weighted by Crippen LogP contribution is -2.36. The Bertz CT molecular complexity index is 384. The van der Waals surface area contributed by atoms with Gasteiger partial charge in [-0.2, -0.15) is 0 Å². The molecule has 0 saturated carbocycles. The van der Waals surface area contributed by atoms with Crippen LogP contribution in [0.2, 0.25) is 0 Å². The van der Waals surface area contributed by atoms with E-state index in [9.17, 15) is 9.90 Å². The van der Waals surface area contributed by atoms with E-state index >= 15 is 0 Å². The van der Waals surface area contributed by atoms with Gasteiger partial charge in [-0.25, -0.2) is 4.79 Å². The Kier molecular flexibility index (Phi) is 5.83. The molecule has 0 spiro atoms. The third kappa shape index (κ3) is 6.82. The SMILES string of the molecule is CC(C)(C)OC(=O)NC[C@H](CO)Cc1ccccc1. The molecule has 1 amide bonds. The summed E-state index contributed by atoms with van der Waals surface area (Å²) in [7, 11) is 0. The van der Waals surface area contributed by atoms with Gasteiger partial charge in [0.25, 0.3) is 0 Å². The maximum atomic E-state index is 11.5. The number of hydrogen-bond donors (Lipinski definition) is 2. The van der Waals surface area contributed by atoms with Crippen LogP contribution in [0.15, 0.2) is 30.3 Å². The fourth-order valence-corrected chi connectivity index (χ4v) is 1.69. The first-order valence-corrected chi connectivity index (χ1v) is 6.52. The van der Waals surface area contributed by atoms with Gasteiger partial charge in [0.2, 0.25) is 0 Å². The fourth-order valence-electron chi connectivity index (χ4n) is 1.69. The second-order valence-electron chi connectivity index (χ2n) is 5.62. The lowest BCUT2D eigenvalue weighted by Gasteiger charge is -2.21. The zero-order chi connectivity index (χ0) is 14.3. The van der Waals surface area contributed by atoms with Gasteiger partial charge in [-0.15, -0.1) is 0 Å². The smallest absolute Gasteiger partial charge is 0.407 e. The second-order valence-corrected chi connectivity index (χ2v) is 5.62. The lowest BCUT2D eigenvalue weighted by atomic mass is 10.0. The van der Waals surface area contributed by atoms with E-state index in [2.05, 4.69) is 5.32 Å². The van der Waals surface area contributed by atoms with E-state index in [-0.39, 0.29) is 12.5 Å². The van der Waals surface area contributed by atoms with Crippen molar-refractivity contribution in [3.8, 4) is 0 Å². The summed E-state index contributed by atoms with van der Waals surface area (Å²) < 4.78 is 5.15. The van der Waals surface area contributed by atoms with Crippen molar-refractivity contribution in [3.05, 3.63) is 35.9 Å². The number of benzene rings is 1. The molecule has 0 aliphatic carbocycles. The molecule has 4 nitrogen and oxygen atoms in total. The Morgan fingerprint density at radius 1 is 1.32 bits per heavy atom. The van der Waals surface area contributed by atoms with Gasteiger partial charge < -0.3 is 15.2 Å². The quantitative estimate of drug-likeness (QED) is 0.859. The van der Waals surface area contributed by atoms with Crippen LogP contribution in [0.3, 0.4) is 0 Å². The van der Waals surface area contributed by atoms with E-state index in [1.54, 1.807) is 0 Å². The maximum Gasteiger partial charge on any atom is 0.407 e. The molecule has 0 fully saturated rings. The molecule has 0 heterocycles. The molecule has 0 bridgehead atoms. The Balaban J connectivity index is 2.39. The second kappa shape index (κ2) is 7.14. The molecule has 1 aromatic rings. The van der Waals surface area contributed by atoms with Crippen LogP contribution >= 0.6 is 0 Å². The summed E-state index contributed by atoms with van der Waals surface area (Å²) in [6.45, 7) is 5.89. The number of aliphatic hydroxyl groups is 1. The number of nitrogens with one attached hydrogen (secondary N) is 1. The zero-order valence-electron chi connectivity index (χ0n) is 11.8. The largest absolute Gasteiger partial charge is 0.444 e. The summed E-state index contributed by atoms with van der Waals surface area (Å²) in [4.78, 5) is 11.5. The van der Waals surface area contributed by atoms with Gasteiger partial charge >= 0.3 is 6.09 Å². The van der Waals surface area contributed by atoms with Crippen molar-refractivity contribution in [2.24, 2.45) is 5.92 Å². The average Bonchev–Trinajstić information content (AvgIpc) is 2.33. The third-order valence-electron chi connectivity index (χ3n) is 2.56. The number of hydrogen-bond acceptors (Lipinski definition) is 3. The summed E-state index contributed by atoms with van der Waals surface area (Å²) in [5.41, 5.74) is 0.644. The van der Waals surface area contributed by atoms with Gasteiger partial charge in [0.1, 0.15) is 5.60 Å². The van der Waals surface area contributed by atoms with E-state index in [1.807, 2.05) is 51.1 Å². The molecule has 1 atom stereocenters. The monoisotopic (exact) mass is 265 g/mol. The van der Waals surface area contributed by atoms with E-state index in [1.165, 1.54) is 0 Å². The summed E-state index contributed by atoms with van der Waals surface area (Å²) in [5, 5.41) is 12.0. The average molecular weight is 265 g/mol. The standard InChI is InChI=1S/C15H23NO3/c1-15(2,3)19-14(18)16-10-13(11-17)9-12-7-5-4-6-8-12/h4-8,13,17H,9-11H2,1-3H3,(H,16,18)/t13-/m1/s1. The van der Waals surface area contributed by atoms with Gasteiger partial charge in [-0.3, -0.25) is 0 Å². The normalized spacial score (nSPS) is 12.8. The molecule has 106 valence electrons. The first kappa shape index (κ1) is 15.5. The van der Waals surface area contributed by atoms with Gasteiger partial charge in [0.05, 0.1) is 0 Å². The minimum atomic E-state index is -0.502. The summed E-state index contributed by atoms with van der Waals surface area (Å²) >= 11 is 0. The molecule has 0 saturated heterocycles. The van der Waals surface area contributed by atoms with Crippen LogP contribution in [0.4, 0.5) is 4.79 Å². The van der Waals surface area contributed by atoms with Gasteiger partial charge in [0, 0.05) is 19.1 Å². The molecule has 0 aliphatic heterocycles. The van der Waals surface area contributed by atoms with Crippen molar-refractivity contribution < 1.29 is 14.6 Å². The molecular formula is C15H23NO3. The first-order valence-electron chi connectivity index (χ1n) is 6.52. The van der Waals surface area contributed by atoms with E-state index in [0.29, 0.717) is 6.54 Å². The molecule has 1 rings (SSSR count). The fraction of sp³-hybridized carbons (Fsp3) is 0.533. The molecule has 2 N–H and O–H groups in total. The Morgan fingerprint density at radius 3 is 2.47 bits per heavy atom. The van der Waals surface area contributed by atoms with Crippen molar-refractivity contribution in [2.75, 3.05) is 13.2 Å². The van der Waals surface area contributed by atoms with Gasteiger partial charge in [-0.1, -0.05) is 30.3 Å². The molecular weight excluding hydrogens is 242 g/mol.